The summed E-state index contributed by atoms with van der Waals surface area (Å²) < 4.78 is 238. The first-order chi connectivity index (χ1) is 29.0. The van der Waals surface area contributed by atoms with Crippen LogP contribution >= 0.6 is 7.26 Å². The standard InChI is InChI=1S/C44H21BF15P/c46-30-27(31(47)37(53)42(58)36(30)52)45(28-32(48)38(54)43(59)39(55)33(28)49,29-34(50)40(56)44(60)41(57)35(29)51)21-26(22-13-5-1-6-14-22)61(23-15-7-2-8-16-23,24-17-9-3-10-18-24)25-19-11-4-12-20-25/h1-21H/b26-21+. The van der Waals surface area contributed by atoms with Crippen LogP contribution in [0.2, 0.25) is 0 Å². The van der Waals surface area contributed by atoms with Crippen molar-refractivity contribution in [3.63, 3.8) is 0 Å². The van der Waals surface area contributed by atoms with Gasteiger partial charge in [-0.3, -0.25) is 0 Å². The van der Waals surface area contributed by atoms with Crippen LogP contribution in [0.3, 0.4) is 0 Å². The average Bonchev–Trinajstić information content (AvgIpc) is 3.29. The molecule has 7 aromatic carbocycles. The Kier molecular flexibility index (Phi) is 11.4. The van der Waals surface area contributed by atoms with E-state index in [0.29, 0.717) is 0 Å². The molecule has 17 heteroatoms. The van der Waals surface area contributed by atoms with Gasteiger partial charge in [0.15, 0.2) is 52.4 Å². The molecule has 0 saturated heterocycles. The Bertz CT molecular complexity index is 2510. The minimum absolute atomic E-state index is 0.102. The van der Waals surface area contributed by atoms with E-state index in [4.69, 9.17) is 0 Å². The molecule has 7 rings (SSSR count). The molecule has 0 aliphatic heterocycles. The number of rotatable bonds is 9. The van der Waals surface area contributed by atoms with Gasteiger partial charge in [0.1, 0.15) is 64.2 Å². The van der Waals surface area contributed by atoms with Crippen LogP contribution in [0.1, 0.15) is 5.56 Å². The Morgan fingerprint density at radius 2 is 0.508 bits per heavy atom. The molecule has 0 nitrogen and oxygen atoms in total. The van der Waals surface area contributed by atoms with E-state index in [1.54, 1.807) is 0 Å². The molecule has 0 radical (unpaired) electrons. The predicted molar refractivity (Wildman–Crippen MR) is 203 cm³/mol. The van der Waals surface area contributed by atoms with E-state index in [-0.39, 0.29) is 27.5 Å². The minimum atomic E-state index is -6.09. The molecule has 0 fully saturated rings. The Morgan fingerprint density at radius 3 is 0.754 bits per heavy atom. The first-order valence-electron chi connectivity index (χ1n) is 17.6. The second kappa shape index (κ2) is 16.3. The average molecular weight is 876 g/mol. The molecule has 7 aromatic rings. The van der Waals surface area contributed by atoms with Crippen LogP contribution in [0.15, 0.2) is 127 Å². The van der Waals surface area contributed by atoms with Crippen LogP contribution in [0.5, 0.6) is 0 Å². The van der Waals surface area contributed by atoms with Gasteiger partial charge in [0.2, 0.25) is 0 Å². The third-order valence-corrected chi connectivity index (χ3v) is 14.7. The highest BCUT2D eigenvalue weighted by atomic mass is 31.2. The van der Waals surface area contributed by atoms with Gasteiger partial charge in [0.05, 0.1) is 5.31 Å². The fourth-order valence-electron chi connectivity index (χ4n) is 7.81. The van der Waals surface area contributed by atoms with Crippen LogP contribution in [-0.2, 0) is 0 Å². The van der Waals surface area contributed by atoms with Gasteiger partial charge in [0.25, 0.3) is 0 Å². The lowest BCUT2D eigenvalue weighted by Gasteiger charge is -2.43. The summed E-state index contributed by atoms with van der Waals surface area (Å²) in [6.45, 7) is 0. The number of hydrogen-bond acceptors (Lipinski definition) is 0. The van der Waals surface area contributed by atoms with Crippen molar-refractivity contribution in [2.75, 3.05) is 0 Å². The quantitative estimate of drug-likeness (QED) is 0.0446. The van der Waals surface area contributed by atoms with Gasteiger partial charge < -0.3 is 0 Å². The van der Waals surface area contributed by atoms with Gasteiger partial charge in [-0.25, -0.2) is 65.9 Å². The van der Waals surface area contributed by atoms with Gasteiger partial charge >= 0.3 is 0 Å². The van der Waals surface area contributed by atoms with Crippen molar-refractivity contribution < 1.29 is 65.9 Å². The van der Waals surface area contributed by atoms with Crippen molar-refractivity contribution in [3.8, 4) is 0 Å². The smallest absolute Gasteiger partial charge is 0.200 e. The van der Waals surface area contributed by atoms with Crippen LogP contribution in [-0.4, -0.2) is 6.15 Å². The molecular weight excluding hydrogens is 855 g/mol. The fourth-order valence-corrected chi connectivity index (χ4v) is 12.4. The molecule has 0 saturated carbocycles. The molecule has 0 bridgehead atoms. The summed E-state index contributed by atoms with van der Waals surface area (Å²) in [5.41, 5.74) is -8.41. The van der Waals surface area contributed by atoms with Crippen LogP contribution in [0.25, 0.3) is 5.31 Å². The Balaban J connectivity index is 1.96. The van der Waals surface area contributed by atoms with E-state index < -0.39 is 122 Å². The molecule has 0 aliphatic carbocycles. The lowest BCUT2D eigenvalue weighted by atomic mass is 9.15. The Labute approximate surface area is 336 Å². The number of halogens is 15. The summed E-state index contributed by atoms with van der Waals surface area (Å²) in [4.78, 5) is 0. The lowest BCUT2D eigenvalue weighted by Crippen LogP contribution is -2.72. The minimum Gasteiger partial charge on any atom is -0.207 e. The van der Waals surface area contributed by atoms with E-state index >= 15 is 52.7 Å². The van der Waals surface area contributed by atoms with Gasteiger partial charge in [-0.1, -0.05) is 84.9 Å². The van der Waals surface area contributed by atoms with Gasteiger partial charge in [-0.15, -0.1) is 16.4 Å². The first-order valence-corrected chi connectivity index (χ1v) is 19.4. The monoisotopic (exact) mass is 876 g/mol. The number of hydrogen-bond donors (Lipinski definition) is 0. The third kappa shape index (κ3) is 6.50. The summed E-state index contributed by atoms with van der Waals surface area (Å²) in [7, 11) is -4.18. The maximum Gasteiger partial charge on any atom is 0.200 e. The molecule has 0 aliphatic rings. The van der Waals surface area contributed by atoms with E-state index in [1.807, 2.05) is 0 Å². The number of benzene rings is 7. The van der Waals surface area contributed by atoms with E-state index in [0.717, 1.165) is 0 Å². The zero-order chi connectivity index (χ0) is 44.1. The molecular formula is C44H21BF15P. The molecule has 0 spiro atoms. The molecule has 310 valence electrons. The normalized spacial score (nSPS) is 12.3. The van der Waals surface area contributed by atoms with Crippen molar-refractivity contribution in [2.45, 2.75) is 0 Å². The molecule has 0 N–H and O–H groups in total. The van der Waals surface area contributed by atoms with Crippen molar-refractivity contribution in [1.29, 1.82) is 0 Å². The van der Waals surface area contributed by atoms with Crippen LogP contribution < -0.4 is 32.3 Å². The molecule has 0 aromatic heterocycles. The molecule has 0 atom stereocenters. The van der Waals surface area contributed by atoms with Crippen molar-refractivity contribution >= 4 is 51.0 Å². The summed E-state index contributed by atoms with van der Waals surface area (Å²) >= 11 is 0. The zero-order valence-electron chi connectivity index (χ0n) is 30.3. The van der Waals surface area contributed by atoms with E-state index in [9.17, 15) is 13.2 Å². The predicted octanol–water partition coefficient (Wildman–Crippen LogP) is 9.82. The fraction of sp³-hybridized carbons (Fsp3) is 0. The van der Waals surface area contributed by atoms with E-state index in [1.165, 1.54) is 121 Å². The lowest BCUT2D eigenvalue weighted by molar-refractivity contribution is 0.380. The van der Waals surface area contributed by atoms with Crippen LogP contribution in [0.4, 0.5) is 65.9 Å². The highest BCUT2D eigenvalue weighted by molar-refractivity contribution is 8.03. The van der Waals surface area contributed by atoms with Crippen LogP contribution in [0, 0.1) is 87.3 Å². The third-order valence-electron chi connectivity index (χ3n) is 10.4. The summed E-state index contributed by atoms with van der Waals surface area (Å²) in [6.07, 6.45) is -6.09. The summed E-state index contributed by atoms with van der Waals surface area (Å²) in [5.74, 6) is -45.9. The van der Waals surface area contributed by atoms with Gasteiger partial charge in [-0.2, -0.15) is 5.98 Å². The van der Waals surface area contributed by atoms with E-state index in [2.05, 4.69) is 0 Å². The zero-order valence-corrected chi connectivity index (χ0v) is 31.2. The Hall–Kier alpha value is -6.28. The largest absolute Gasteiger partial charge is 0.207 e. The summed E-state index contributed by atoms with van der Waals surface area (Å²) in [6, 6.07) is 28.5. The highest BCUT2D eigenvalue weighted by Crippen LogP contribution is 2.66. The van der Waals surface area contributed by atoms with Crippen molar-refractivity contribution in [1.82, 2.24) is 0 Å². The molecule has 0 unspecified atom stereocenters. The molecule has 0 heterocycles. The molecule has 61 heavy (non-hydrogen) atoms. The topological polar surface area (TPSA) is 0 Å². The van der Waals surface area contributed by atoms with Crippen molar-refractivity contribution in [2.24, 2.45) is 0 Å². The van der Waals surface area contributed by atoms with Gasteiger partial charge in [-0.05, 0) is 36.4 Å². The second-order valence-corrected chi connectivity index (χ2v) is 16.9. The maximum atomic E-state index is 16.7. The Morgan fingerprint density at radius 1 is 0.295 bits per heavy atom. The highest BCUT2D eigenvalue weighted by Gasteiger charge is 2.53. The first kappa shape index (κ1) is 42.8. The van der Waals surface area contributed by atoms with Gasteiger partial charge in [0, 0.05) is 5.56 Å². The second-order valence-electron chi connectivity index (χ2n) is 13.5. The van der Waals surface area contributed by atoms with Crippen molar-refractivity contribution in [3.05, 3.63) is 220 Å². The molecule has 0 amide bonds. The SMILES string of the molecule is Fc1c(F)c(F)c([B-](/C=C(\c2ccccc2)[P+](c2ccccc2)(c2ccccc2)c2ccccc2)(c2c(F)c(F)c(F)c(F)c2F)c2c(F)c(F)c(F)c(F)c2F)c(F)c1F. The maximum absolute atomic E-state index is 16.7. The summed E-state index contributed by atoms with van der Waals surface area (Å²) in [5, 5.41) is -0.119.